The molecule has 0 spiro atoms. The number of ether oxygens (including phenoxy) is 1. The first kappa shape index (κ1) is 20.1. The number of anilines is 1. The Kier molecular flexibility index (Phi) is 5.12. The Balaban J connectivity index is 1.25. The van der Waals surface area contributed by atoms with Gasteiger partial charge in [-0.05, 0) is 67.4 Å². The van der Waals surface area contributed by atoms with Gasteiger partial charge in [0.1, 0.15) is 5.82 Å². The minimum Gasteiger partial charge on any atom is -0.381 e. The van der Waals surface area contributed by atoms with Crippen LogP contribution in [0.3, 0.4) is 0 Å². The molecular formula is C24H26ClN5O2. The van der Waals surface area contributed by atoms with E-state index in [2.05, 4.69) is 31.2 Å². The smallest absolute Gasteiger partial charge is 0.229 e. The molecule has 3 fully saturated rings. The molecule has 0 bridgehead atoms. The molecule has 7 nitrogen and oxygen atoms in total. The number of carbonyl (C=O) groups is 1. The molecule has 2 aromatic heterocycles. The molecule has 3 aromatic rings. The fraction of sp³-hybridized carbons (Fsp3) is 0.458. The van der Waals surface area contributed by atoms with Gasteiger partial charge in [-0.1, -0.05) is 17.7 Å². The summed E-state index contributed by atoms with van der Waals surface area (Å²) in [6.07, 6.45) is 5.70. The summed E-state index contributed by atoms with van der Waals surface area (Å²) in [6.45, 7) is 4.48. The van der Waals surface area contributed by atoms with Gasteiger partial charge in [-0.3, -0.25) is 4.79 Å². The van der Waals surface area contributed by atoms with Gasteiger partial charge in [0, 0.05) is 37.4 Å². The number of hydrogen-bond acceptors (Lipinski definition) is 5. The molecule has 32 heavy (non-hydrogen) atoms. The summed E-state index contributed by atoms with van der Waals surface area (Å²) in [5, 5.41) is 6.89. The van der Waals surface area contributed by atoms with E-state index in [0.29, 0.717) is 28.6 Å². The largest absolute Gasteiger partial charge is 0.381 e. The number of carbonyl (C=O) groups excluding carboxylic acids is 1. The Bertz CT molecular complexity index is 1160. The van der Waals surface area contributed by atoms with Crippen LogP contribution in [0.4, 0.5) is 5.82 Å². The number of fused-ring (bicyclic) bond motifs is 2. The molecule has 2 aliphatic heterocycles. The molecule has 1 amide bonds. The second-order valence-electron chi connectivity index (χ2n) is 9.21. The van der Waals surface area contributed by atoms with Crippen LogP contribution in [0.1, 0.15) is 12.8 Å². The maximum atomic E-state index is 12.7. The van der Waals surface area contributed by atoms with Gasteiger partial charge in [0.2, 0.25) is 5.91 Å². The summed E-state index contributed by atoms with van der Waals surface area (Å²) in [6, 6.07) is 8.05. The topological polar surface area (TPSA) is 81.1 Å². The van der Waals surface area contributed by atoms with E-state index in [-0.39, 0.29) is 11.8 Å². The third-order valence-electron chi connectivity index (χ3n) is 7.23. The van der Waals surface area contributed by atoms with Crippen molar-refractivity contribution in [3.63, 3.8) is 0 Å². The van der Waals surface area contributed by atoms with E-state index in [9.17, 15) is 4.79 Å². The zero-order valence-corrected chi connectivity index (χ0v) is 18.5. The standard InChI is InChI=1S/C24H26ClN5O2/c25-19-11-27-22(29-24(31)23-17-9-26-10-18(17)23)8-16(19)15-1-2-20-21(7-15)30(13-28-20)12-14-3-5-32-6-4-14/h1-2,7-8,11,13-14,17-18,23,26H,3-6,9-10,12H2,(H,27,29,31)/t17-,18+,23+. The van der Waals surface area contributed by atoms with Crippen LogP contribution in [-0.4, -0.2) is 46.7 Å². The number of rotatable bonds is 5. The highest BCUT2D eigenvalue weighted by Crippen LogP contribution is 2.49. The molecule has 1 saturated carbocycles. The van der Waals surface area contributed by atoms with Gasteiger partial charge < -0.3 is 19.9 Å². The van der Waals surface area contributed by atoms with Crippen molar-refractivity contribution in [3.8, 4) is 11.1 Å². The average Bonchev–Trinajstić information content (AvgIpc) is 3.10. The number of nitrogens with zero attached hydrogens (tertiary/aromatic N) is 3. The number of aromatic nitrogens is 3. The van der Waals surface area contributed by atoms with Crippen molar-refractivity contribution in [2.45, 2.75) is 19.4 Å². The van der Waals surface area contributed by atoms with Crippen molar-refractivity contribution in [3.05, 3.63) is 41.8 Å². The molecule has 2 saturated heterocycles. The minimum absolute atomic E-state index is 0.0623. The first-order valence-corrected chi connectivity index (χ1v) is 11.8. The number of pyridine rings is 1. The molecule has 0 unspecified atom stereocenters. The van der Waals surface area contributed by atoms with Crippen LogP contribution in [0.2, 0.25) is 5.02 Å². The first-order valence-electron chi connectivity index (χ1n) is 11.4. The predicted octanol–water partition coefficient (Wildman–Crippen LogP) is 3.58. The van der Waals surface area contributed by atoms with Crippen molar-refractivity contribution in [1.29, 1.82) is 0 Å². The quantitative estimate of drug-likeness (QED) is 0.619. The fourth-order valence-electron chi connectivity index (χ4n) is 5.32. The SMILES string of the molecule is O=C(Nc1cc(-c2ccc3ncn(CC4CCOCC4)c3c2)c(Cl)cn1)[C@H]1[C@@H]2CNC[C@@H]21. The van der Waals surface area contributed by atoms with Crippen LogP contribution in [0, 0.1) is 23.7 Å². The monoisotopic (exact) mass is 451 g/mol. The van der Waals surface area contributed by atoms with Crippen LogP contribution in [0.25, 0.3) is 22.2 Å². The molecule has 4 heterocycles. The van der Waals surface area contributed by atoms with Crippen LogP contribution in [0.5, 0.6) is 0 Å². The van der Waals surface area contributed by atoms with Crippen LogP contribution < -0.4 is 10.6 Å². The second-order valence-corrected chi connectivity index (χ2v) is 9.61. The van der Waals surface area contributed by atoms with E-state index in [0.717, 1.165) is 67.8 Å². The predicted molar refractivity (Wildman–Crippen MR) is 123 cm³/mol. The Morgan fingerprint density at radius 2 is 2.00 bits per heavy atom. The van der Waals surface area contributed by atoms with Gasteiger partial charge in [0.25, 0.3) is 0 Å². The molecule has 6 rings (SSSR count). The molecule has 2 N–H and O–H groups in total. The lowest BCUT2D eigenvalue weighted by Crippen LogP contribution is -2.23. The van der Waals surface area contributed by atoms with Crippen LogP contribution in [-0.2, 0) is 16.1 Å². The van der Waals surface area contributed by atoms with Gasteiger partial charge in [-0.25, -0.2) is 9.97 Å². The molecule has 3 aliphatic rings. The molecular weight excluding hydrogens is 426 g/mol. The second kappa shape index (κ2) is 8.14. The normalized spacial score (nSPS) is 25.1. The molecule has 0 radical (unpaired) electrons. The van der Waals surface area contributed by atoms with Crippen molar-refractivity contribution >= 4 is 34.4 Å². The van der Waals surface area contributed by atoms with E-state index >= 15 is 0 Å². The third-order valence-corrected chi connectivity index (χ3v) is 7.53. The van der Waals surface area contributed by atoms with E-state index in [1.165, 1.54) is 0 Å². The Hall–Kier alpha value is -2.48. The van der Waals surface area contributed by atoms with Crippen molar-refractivity contribution < 1.29 is 9.53 Å². The summed E-state index contributed by atoms with van der Waals surface area (Å²) < 4.78 is 7.73. The fourth-order valence-corrected chi connectivity index (χ4v) is 5.53. The summed E-state index contributed by atoms with van der Waals surface area (Å²) in [4.78, 5) is 21.6. The highest BCUT2D eigenvalue weighted by atomic mass is 35.5. The van der Waals surface area contributed by atoms with E-state index in [4.69, 9.17) is 16.3 Å². The van der Waals surface area contributed by atoms with Crippen molar-refractivity contribution in [1.82, 2.24) is 19.9 Å². The number of nitrogens with one attached hydrogen (secondary N) is 2. The number of benzene rings is 1. The van der Waals surface area contributed by atoms with Crippen LogP contribution in [0.15, 0.2) is 36.8 Å². The van der Waals surface area contributed by atoms with Gasteiger partial charge >= 0.3 is 0 Å². The highest BCUT2D eigenvalue weighted by Gasteiger charge is 2.56. The van der Waals surface area contributed by atoms with Crippen molar-refractivity contribution in [2.75, 3.05) is 31.6 Å². The first-order chi connectivity index (χ1) is 15.7. The Labute approximate surface area is 191 Å². The Morgan fingerprint density at radius 1 is 1.19 bits per heavy atom. The summed E-state index contributed by atoms with van der Waals surface area (Å²) >= 11 is 6.52. The molecule has 1 aliphatic carbocycles. The number of amides is 1. The van der Waals surface area contributed by atoms with Gasteiger partial charge in [0.15, 0.2) is 0 Å². The lowest BCUT2D eigenvalue weighted by molar-refractivity contribution is -0.118. The van der Waals surface area contributed by atoms with E-state index in [1.807, 2.05) is 24.5 Å². The summed E-state index contributed by atoms with van der Waals surface area (Å²) in [5.74, 6) is 2.26. The average molecular weight is 452 g/mol. The molecule has 8 heteroatoms. The zero-order valence-electron chi connectivity index (χ0n) is 17.8. The molecule has 166 valence electrons. The number of imidazole rings is 1. The third kappa shape index (κ3) is 3.68. The minimum atomic E-state index is 0.0623. The van der Waals surface area contributed by atoms with Gasteiger partial charge in [-0.2, -0.15) is 0 Å². The molecule has 3 atom stereocenters. The maximum absolute atomic E-state index is 12.7. The van der Waals surface area contributed by atoms with Crippen LogP contribution >= 0.6 is 11.6 Å². The van der Waals surface area contributed by atoms with E-state index < -0.39 is 0 Å². The lowest BCUT2D eigenvalue weighted by atomic mass is 10.00. The number of hydrogen-bond donors (Lipinski definition) is 2. The zero-order chi connectivity index (χ0) is 21.7. The maximum Gasteiger partial charge on any atom is 0.229 e. The lowest BCUT2D eigenvalue weighted by Gasteiger charge is -2.22. The van der Waals surface area contributed by atoms with E-state index in [1.54, 1.807) is 6.20 Å². The Morgan fingerprint density at radius 3 is 2.81 bits per heavy atom. The summed E-state index contributed by atoms with van der Waals surface area (Å²) in [7, 11) is 0. The number of piperidine rings is 1. The molecule has 1 aromatic carbocycles. The van der Waals surface area contributed by atoms with Crippen molar-refractivity contribution in [2.24, 2.45) is 23.7 Å². The van der Waals surface area contributed by atoms with Gasteiger partial charge in [0.05, 0.1) is 22.4 Å². The number of halogens is 1. The summed E-state index contributed by atoms with van der Waals surface area (Å²) in [5.41, 5.74) is 3.90. The van der Waals surface area contributed by atoms with Gasteiger partial charge in [-0.15, -0.1) is 0 Å². The highest BCUT2D eigenvalue weighted by molar-refractivity contribution is 6.33.